The molecule has 0 saturated heterocycles. The number of hydrogen-bond acceptors (Lipinski definition) is 3. The lowest BCUT2D eigenvalue weighted by atomic mass is 10.0. The van der Waals surface area contributed by atoms with Gasteiger partial charge in [-0.15, -0.1) is 0 Å². The molecule has 2 rings (SSSR count). The molecule has 0 radical (unpaired) electrons. The minimum absolute atomic E-state index is 0.00226. The van der Waals surface area contributed by atoms with E-state index in [1.54, 1.807) is 19.2 Å². The van der Waals surface area contributed by atoms with E-state index in [-0.39, 0.29) is 17.1 Å². The molecule has 2 N–H and O–H groups in total. The third-order valence-corrected chi connectivity index (χ3v) is 4.11. The molecule has 5 heteroatoms. The Morgan fingerprint density at radius 1 is 1.53 bits per heavy atom. The molecule has 1 saturated carbocycles. The standard InChI is InChI=1S/C14H18BrNO3/c1-19-7-6-14(4-5-14)9-16-13(18)11-8-10(15)2-3-12(11)17/h2-3,8,17H,4-7,9H2,1H3,(H,16,18). The Balaban J connectivity index is 1.93. The summed E-state index contributed by atoms with van der Waals surface area (Å²) in [6.45, 7) is 1.36. The Morgan fingerprint density at radius 3 is 2.89 bits per heavy atom. The first-order chi connectivity index (χ1) is 9.06. The first-order valence-corrected chi connectivity index (χ1v) is 7.11. The van der Waals surface area contributed by atoms with Crippen LogP contribution >= 0.6 is 15.9 Å². The van der Waals surface area contributed by atoms with Gasteiger partial charge in [-0.25, -0.2) is 0 Å². The number of nitrogens with one attached hydrogen (secondary N) is 1. The molecule has 1 aromatic rings. The Morgan fingerprint density at radius 2 is 2.26 bits per heavy atom. The summed E-state index contributed by atoms with van der Waals surface area (Å²) in [7, 11) is 1.69. The molecular formula is C14H18BrNO3. The molecule has 0 aromatic heterocycles. The average molecular weight is 328 g/mol. The van der Waals surface area contributed by atoms with Crippen LogP contribution in [0.25, 0.3) is 0 Å². The first kappa shape index (κ1) is 14.3. The normalized spacial score (nSPS) is 16.1. The number of hydrogen-bond donors (Lipinski definition) is 2. The van der Waals surface area contributed by atoms with E-state index in [1.165, 1.54) is 6.07 Å². The van der Waals surface area contributed by atoms with Crippen LogP contribution in [0.1, 0.15) is 29.6 Å². The largest absolute Gasteiger partial charge is 0.507 e. The molecule has 1 aliphatic rings. The van der Waals surface area contributed by atoms with Gasteiger partial charge in [0.2, 0.25) is 0 Å². The number of methoxy groups -OCH3 is 1. The van der Waals surface area contributed by atoms with E-state index in [4.69, 9.17) is 4.74 Å². The molecule has 0 heterocycles. The van der Waals surface area contributed by atoms with Gasteiger partial charge in [0.1, 0.15) is 5.75 Å². The van der Waals surface area contributed by atoms with Crippen molar-refractivity contribution in [2.75, 3.05) is 20.3 Å². The minimum atomic E-state index is -0.234. The van der Waals surface area contributed by atoms with Gasteiger partial charge in [0.15, 0.2) is 0 Å². The number of amides is 1. The van der Waals surface area contributed by atoms with Gasteiger partial charge >= 0.3 is 0 Å². The number of aromatic hydroxyl groups is 1. The summed E-state index contributed by atoms with van der Waals surface area (Å²) in [5.41, 5.74) is 0.504. The van der Waals surface area contributed by atoms with Crippen molar-refractivity contribution in [1.82, 2.24) is 5.32 Å². The Hall–Kier alpha value is -1.07. The number of carbonyl (C=O) groups is 1. The van der Waals surface area contributed by atoms with Gasteiger partial charge in [0.05, 0.1) is 5.56 Å². The summed E-state index contributed by atoms with van der Waals surface area (Å²) in [5.74, 6) is -0.232. The second-order valence-corrected chi connectivity index (χ2v) is 6.00. The van der Waals surface area contributed by atoms with Gasteiger partial charge < -0.3 is 15.2 Å². The highest BCUT2D eigenvalue weighted by molar-refractivity contribution is 9.10. The van der Waals surface area contributed by atoms with Crippen LogP contribution in [0.15, 0.2) is 22.7 Å². The fourth-order valence-corrected chi connectivity index (χ4v) is 2.42. The van der Waals surface area contributed by atoms with Crippen molar-refractivity contribution in [2.45, 2.75) is 19.3 Å². The van der Waals surface area contributed by atoms with Crippen molar-refractivity contribution in [2.24, 2.45) is 5.41 Å². The van der Waals surface area contributed by atoms with Crippen molar-refractivity contribution in [3.05, 3.63) is 28.2 Å². The fourth-order valence-electron chi connectivity index (χ4n) is 2.06. The number of rotatable bonds is 6. The molecule has 4 nitrogen and oxygen atoms in total. The van der Waals surface area contributed by atoms with Gasteiger partial charge in [-0.05, 0) is 42.9 Å². The van der Waals surface area contributed by atoms with Gasteiger partial charge in [0, 0.05) is 24.7 Å². The van der Waals surface area contributed by atoms with E-state index in [0.717, 1.165) is 30.3 Å². The highest BCUT2D eigenvalue weighted by Crippen LogP contribution is 2.48. The van der Waals surface area contributed by atoms with E-state index in [9.17, 15) is 9.90 Å². The van der Waals surface area contributed by atoms with E-state index in [0.29, 0.717) is 12.1 Å². The van der Waals surface area contributed by atoms with Crippen LogP contribution in [0.3, 0.4) is 0 Å². The number of carbonyl (C=O) groups excluding carboxylic acids is 1. The molecule has 0 atom stereocenters. The van der Waals surface area contributed by atoms with Crippen molar-refractivity contribution in [3.8, 4) is 5.75 Å². The average Bonchev–Trinajstić information content (AvgIpc) is 3.17. The topological polar surface area (TPSA) is 58.6 Å². The molecule has 104 valence electrons. The molecule has 1 aromatic carbocycles. The summed E-state index contributed by atoms with van der Waals surface area (Å²) < 4.78 is 5.86. The zero-order valence-corrected chi connectivity index (χ0v) is 12.5. The third-order valence-electron chi connectivity index (χ3n) is 3.62. The van der Waals surface area contributed by atoms with E-state index in [1.807, 2.05) is 0 Å². The Labute approximate surface area is 121 Å². The molecule has 1 aliphatic carbocycles. The summed E-state index contributed by atoms with van der Waals surface area (Å²) >= 11 is 3.29. The van der Waals surface area contributed by atoms with Crippen LogP contribution in [-0.2, 0) is 4.74 Å². The summed E-state index contributed by atoms with van der Waals surface area (Å²) in [5, 5.41) is 12.6. The number of ether oxygens (including phenoxy) is 1. The first-order valence-electron chi connectivity index (χ1n) is 6.32. The highest BCUT2D eigenvalue weighted by atomic mass is 79.9. The summed E-state index contributed by atoms with van der Waals surface area (Å²) in [6.07, 6.45) is 3.22. The highest BCUT2D eigenvalue weighted by Gasteiger charge is 2.42. The van der Waals surface area contributed by atoms with Crippen LogP contribution in [0.5, 0.6) is 5.75 Å². The molecule has 0 spiro atoms. The van der Waals surface area contributed by atoms with Gasteiger partial charge in [-0.3, -0.25) is 4.79 Å². The molecular weight excluding hydrogens is 310 g/mol. The molecule has 19 heavy (non-hydrogen) atoms. The SMILES string of the molecule is COCCC1(CNC(=O)c2cc(Br)ccc2O)CC1. The molecule has 0 aliphatic heterocycles. The Kier molecular flexibility index (Phi) is 4.47. The van der Waals surface area contributed by atoms with Crippen molar-refractivity contribution in [1.29, 1.82) is 0 Å². The molecule has 0 bridgehead atoms. The van der Waals surface area contributed by atoms with Crippen LogP contribution in [0, 0.1) is 5.41 Å². The lowest BCUT2D eigenvalue weighted by Crippen LogP contribution is -2.30. The smallest absolute Gasteiger partial charge is 0.255 e. The second kappa shape index (κ2) is 5.92. The minimum Gasteiger partial charge on any atom is -0.507 e. The zero-order valence-electron chi connectivity index (χ0n) is 10.9. The zero-order chi connectivity index (χ0) is 13.9. The lowest BCUT2D eigenvalue weighted by molar-refractivity contribution is 0.0935. The van der Waals surface area contributed by atoms with Crippen LogP contribution < -0.4 is 5.32 Å². The van der Waals surface area contributed by atoms with Crippen LogP contribution in [-0.4, -0.2) is 31.3 Å². The van der Waals surface area contributed by atoms with E-state index >= 15 is 0 Å². The maximum atomic E-state index is 12.0. The fraction of sp³-hybridized carbons (Fsp3) is 0.500. The number of phenolic OH excluding ortho intramolecular Hbond substituents is 1. The molecule has 0 unspecified atom stereocenters. The Bertz CT molecular complexity index is 472. The third kappa shape index (κ3) is 3.70. The number of halogens is 1. The lowest BCUT2D eigenvalue weighted by Gasteiger charge is -2.15. The summed E-state index contributed by atoms with van der Waals surface area (Å²) in [6, 6.07) is 4.84. The maximum Gasteiger partial charge on any atom is 0.255 e. The van der Waals surface area contributed by atoms with E-state index in [2.05, 4.69) is 21.2 Å². The van der Waals surface area contributed by atoms with Crippen LogP contribution in [0.2, 0.25) is 0 Å². The van der Waals surface area contributed by atoms with Crippen molar-refractivity contribution in [3.63, 3.8) is 0 Å². The van der Waals surface area contributed by atoms with Crippen LogP contribution in [0.4, 0.5) is 0 Å². The number of phenols is 1. The monoisotopic (exact) mass is 327 g/mol. The quantitative estimate of drug-likeness (QED) is 0.844. The predicted octanol–water partition coefficient (Wildman–Crippen LogP) is 2.70. The predicted molar refractivity (Wildman–Crippen MR) is 76.3 cm³/mol. The molecule has 1 fully saturated rings. The summed E-state index contributed by atoms with van der Waals surface area (Å²) in [4.78, 5) is 12.0. The van der Waals surface area contributed by atoms with Gasteiger partial charge in [-0.2, -0.15) is 0 Å². The van der Waals surface area contributed by atoms with Crippen molar-refractivity contribution >= 4 is 21.8 Å². The van der Waals surface area contributed by atoms with Gasteiger partial charge in [-0.1, -0.05) is 15.9 Å². The van der Waals surface area contributed by atoms with E-state index < -0.39 is 0 Å². The van der Waals surface area contributed by atoms with Gasteiger partial charge in [0.25, 0.3) is 5.91 Å². The second-order valence-electron chi connectivity index (χ2n) is 5.09. The maximum absolute atomic E-state index is 12.0. The number of benzene rings is 1. The molecule has 1 amide bonds. The van der Waals surface area contributed by atoms with Crippen molar-refractivity contribution < 1.29 is 14.6 Å².